The lowest BCUT2D eigenvalue weighted by atomic mass is 10.0. The number of carbonyl (C=O) groups is 1. The third kappa shape index (κ3) is 5.04. The van der Waals surface area contributed by atoms with Crippen LogP contribution in [-0.2, 0) is 4.79 Å². The largest absolute Gasteiger partial charge is 0.507 e. The number of carbonyl (C=O) groups excluding carboxylic acids is 1. The van der Waals surface area contributed by atoms with Crippen molar-refractivity contribution < 1.29 is 14.3 Å². The highest BCUT2D eigenvalue weighted by Gasteiger charge is 2.16. The Bertz CT molecular complexity index is 1450. The van der Waals surface area contributed by atoms with Crippen LogP contribution in [0.3, 0.4) is 0 Å². The van der Waals surface area contributed by atoms with Crippen molar-refractivity contribution in [1.82, 2.24) is 19.9 Å². The van der Waals surface area contributed by atoms with Crippen molar-refractivity contribution in [3.05, 3.63) is 53.7 Å². The van der Waals surface area contributed by atoms with Crippen LogP contribution in [0.4, 0.5) is 15.9 Å². The van der Waals surface area contributed by atoms with E-state index in [1.165, 1.54) is 23.9 Å². The van der Waals surface area contributed by atoms with Crippen LogP contribution in [0, 0.1) is 5.82 Å². The van der Waals surface area contributed by atoms with E-state index in [9.17, 15) is 14.3 Å². The number of halogens is 1. The molecule has 1 aliphatic heterocycles. The van der Waals surface area contributed by atoms with Gasteiger partial charge in [0, 0.05) is 45.0 Å². The molecule has 0 spiro atoms. The third-order valence-electron chi connectivity index (χ3n) is 5.50. The van der Waals surface area contributed by atoms with Gasteiger partial charge in [-0.2, -0.15) is 0 Å². The molecule has 1 amide bonds. The molecule has 11 heteroatoms. The molecule has 3 heterocycles. The zero-order valence-corrected chi connectivity index (χ0v) is 20.0. The highest BCUT2D eigenvalue weighted by Crippen LogP contribution is 2.35. The van der Waals surface area contributed by atoms with E-state index < -0.39 is 5.82 Å². The van der Waals surface area contributed by atoms with Gasteiger partial charge in [-0.15, -0.1) is 11.3 Å². The Hall–Kier alpha value is -4.12. The number of aromatic hydroxyl groups is 1. The van der Waals surface area contributed by atoms with Crippen molar-refractivity contribution in [2.24, 2.45) is 10.7 Å². The van der Waals surface area contributed by atoms with Gasteiger partial charge in [0.1, 0.15) is 17.9 Å². The molecule has 2 aromatic carbocycles. The Labute approximate surface area is 204 Å². The highest BCUT2D eigenvalue weighted by atomic mass is 32.1. The van der Waals surface area contributed by atoms with Gasteiger partial charge in [-0.05, 0) is 36.2 Å². The van der Waals surface area contributed by atoms with E-state index in [1.54, 1.807) is 47.9 Å². The smallest absolute Gasteiger partial charge is 0.222 e. The summed E-state index contributed by atoms with van der Waals surface area (Å²) in [6.45, 7) is 0.957. The van der Waals surface area contributed by atoms with Crippen LogP contribution in [0.2, 0.25) is 0 Å². The molecule has 0 bridgehead atoms. The molecule has 35 heavy (non-hydrogen) atoms. The molecule has 2 aromatic heterocycles. The molecule has 4 N–H and O–H groups in total. The van der Waals surface area contributed by atoms with Gasteiger partial charge >= 0.3 is 0 Å². The van der Waals surface area contributed by atoms with E-state index >= 15 is 0 Å². The number of aliphatic imine (C=N–C) groups is 1. The maximum absolute atomic E-state index is 14.8. The van der Waals surface area contributed by atoms with E-state index in [1.807, 2.05) is 7.05 Å². The van der Waals surface area contributed by atoms with Crippen molar-refractivity contribution in [1.29, 1.82) is 0 Å². The number of allylic oxidation sites excluding steroid dienone is 1. The molecule has 5 rings (SSSR count). The highest BCUT2D eigenvalue weighted by molar-refractivity contribution is 7.16. The number of nitrogens with zero attached hydrogens (tertiary/aromatic N) is 5. The fourth-order valence-electron chi connectivity index (χ4n) is 3.69. The number of amides is 1. The first-order valence-corrected chi connectivity index (χ1v) is 11.7. The number of rotatable bonds is 4. The average molecular weight is 494 g/mol. The zero-order chi connectivity index (χ0) is 24.9. The zero-order valence-electron chi connectivity index (χ0n) is 19.2. The van der Waals surface area contributed by atoms with E-state index in [0.29, 0.717) is 44.0 Å². The summed E-state index contributed by atoms with van der Waals surface area (Å²) >= 11 is 1.22. The number of thiazole rings is 1. The van der Waals surface area contributed by atoms with Gasteiger partial charge in [0.2, 0.25) is 5.91 Å². The summed E-state index contributed by atoms with van der Waals surface area (Å²) < 4.78 is 15.2. The number of phenols is 1. The second kappa shape index (κ2) is 10.4. The molecule has 1 fully saturated rings. The van der Waals surface area contributed by atoms with Crippen LogP contribution in [0.5, 0.6) is 5.75 Å². The maximum atomic E-state index is 14.8. The van der Waals surface area contributed by atoms with Gasteiger partial charge in [0.25, 0.3) is 0 Å². The predicted octanol–water partition coefficient (Wildman–Crippen LogP) is 4.07. The van der Waals surface area contributed by atoms with E-state index in [2.05, 4.69) is 25.3 Å². The molecule has 4 aromatic rings. The molecule has 9 nitrogen and oxygen atoms in total. The summed E-state index contributed by atoms with van der Waals surface area (Å²) in [6, 6.07) is 6.61. The topological polar surface area (TPSA) is 130 Å². The van der Waals surface area contributed by atoms with Crippen LogP contribution in [0.1, 0.15) is 18.4 Å². The summed E-state index contributed by atoms with van der Waals surface area (Å²) in [5, 5.41) is 13.9. The van der Waals surface area contributed by atoms with E-state index in [4.69, 9.17) is 5.73 Å². The normalized spacial score (nSPS) is 14.1. The number of hydrogen-bond donors (Lipinski definition) is 3. The standard InChI is InChI=1S/C19H15FN6OS.C5H9NO/c1-22-7-11(6-21)10-4-14-16(15(27)5-10)19(24-8-23-14)26-12-2-3-13-18(17(12)20)28-9-25-13;1-6-4-2-3-5(6)7/h2-9,27H,21H2,1H3,(H,23,24,26);2-4H2,1H3/b11-6+,22-7?;. The van der Waals surface area contributed by atoms with Crippen molar-refractivity contribution in [2.45, 2.75) is 12.8 Å². The van der Waals surface area contributed by atoms with Crippen LogP contribution in [0.15, 0.2) is 47.3 Å². The van der Waals surface area contributed by atoms with Gasteiger partial charge in [-0.25, -0.2) is 19.3 Å². The van der Waals surface area contributed by atoms with Crippen LogP contribution >= 0.6 is 11.3 Å². The molecule has 0 aliphatic carbocycles. The van der Waals surface area contributed by atoms with Crippen molar-refractivity contribution >= 4 is 61.7 Å². The summed E-state index contributed by atoms with van der Waals surface area (Å²) in [5.41, 5.74) is 9.83. The average Bonchev–Trinajstić information content (AvgIpc) is 3.48. The molecule has 1 saturated heterocycles. The Morgan fingerprint density at radius 3 is 2.77 bits per heavy atom. The summed E-state index contributed by atoms with van der Waals surface area (Å²) in [5.74, 6) is 0.105. The lowest BCUT2D eigenvalue weighted by Crippen LogP contribution is -2.17. The Kier molecular flexibility index (Phi) is 7.16. The van der Waals surface area contributed by atoms with Crippen molar-refractivity contribution in [3.63, 3.8) is 0 Å². The minimum absolute atomic E-state index is 0.0567. The minimum Gasteiger partial charge on any atom is -0.507 e. The summed E-state index contributed by atoms with van der Waals surface area (Å²) in [7, 11) is 3.47. The molecular weight excluding hydrogens is 469 g/mol. The lowest BCUT2D eigenvalue weighted by Gasteiger charge is -2.12. The summed E-state index contributed by atoms with van der Waals surface area (Å²) in [4.78, 5) is 28.7. The van der Waals surface area contributed by atoms with E-state index in [0.717, 1.165) is 19.4 Å². The van der Waals surface area contributed by atoms with Gasteiger partial charge in [0.05, 0.1) is 32.3 Å². The fraction of sp³-hybridized carbons (Fsp3) is 0.208. The van der Waals surface area contributed by atoms with Crippen LogP contribution in [-0.4, -0.2) is 57.7 Å². The van der Waals surface area contributed by atoms with Crippen LogP contribution in [0.25, 0.3) is 26.7 Å². The van der Waals surface area contributed by atoms with Gasteiger partial charge in [-0.3, -0.25) is 9.79 Å². The molecule has 0 atom stereocenters. The number of likely N-dealkylation sites (tertiary alicyclic amines) is 1. The molecule has 0 radical (unpaired) electrons. The van der Waals surface area contributed by atoms with Crippen molar-refractivity contribution in [2.75, 3.05) is 26.0 Å². The lowest BCUT2D eigenvalue weighted by molar-refractivity contribution is -0.126. The Morgan fingerprint density at radius 1 is 1.29 bits per heavy atom. The van der Waals surface area contributed by atoms with Gasteiger partial charge < -0.3 is 21.1 Å². The maximum Gasteiger partial charge on any atom is 0.222 e. The number of anilines is 2. The third-order valence-corrected chi connectivity index (χ3v) is 6.33. The Balaban J connectivity index is 0.000000356. The molecule has 180 valence electrons. The first-order chi connectivity index (χ1) is 16.9. The monoisotopic (exact) mass is 493 g/mol. The Morgan fingerprint density at radius 2 is 2.11 bits per heavy atom. The number of benzene rings is 2. The number of phenolic OH excluding ortho intramolecular Hbond substituents is 1. The van der Waals surface area contributed by atoms with Gasteiger partial charge in [-0.1, -0.05) is 0 Å². The number of fused-ring (bicyclic) bond motifs is 2. The fourth-order valence-corrected chi connectivity index (χ4v) is 4.41. The molecule has 1 aliphatic rings. The predicted molar refractivity (Wildman–Crippen MR) is 138 cm³/mol. The summed E-state index contributed by atoms with van der Waals surface area (Å²) in [6.07, 6.45) is 6.14. The number of hydrogen-bond acceptors (Lipinski definition) is 9. The van der Waals surface area contributed by atoms with Crippen LogP contribution < -0.4 is 11.1 Å². The first kappa shape index (κ1) is 24.0. The SMILES string of the molecule is CN1CCCC1=O.CN=C/C(=C\N)c1cc(O)c2c(Nc3ccc4ncsc4c3F)ncnc2c1. The molecular formula is C24H24FN7O2S. The quantitative estimate of drug-likeness (QED) is 0.366. The number of nitrogens with one attached hydrogen (secondary N) is 1. The second-order valence-electron chi connectivity index (χ2n) is 7.79. The number of aromatic nitrogens is 3. The van der Waals surface area contributed by atoms with Crippen molar-refractivity contribution in [3.8, 4) is 5.75 Å². The van der Waals surface area contributed by atoms with E-state index in [-0.39, 0.29) is 11.4 Å². The minimum atomic E-state index is -0.421. The molecule has 0 unspecified atom stereocenters. The van der Waals surface area contributed by atoms with Gasteiger partial charge in [0.15, 0.2) is 5.82 Å². The molecule has 0 saturated carbocycles. The second-order valence-corrected chi connectivity index (χ2v) is 8.65. The number of nitrogens with two attached hydrogens (primary N) is 1. The first-order valence-electron chi connectivity index (χ1n) is 10.8.